The largest absolute Gasteiger partial charge is 0.352 e. The number of halogens is 1. The maximum absolute atomic E-state index is 13.7. The number of carbonyl (C=O) groups excluding carboxylic acids is 2. The Balaban J connectivity index is 1.86. The summed E-state index contributed by atoms with van der Waals surface area (Å²) in [4.78, 5) is 29.0. The first-order valence-corrected chi connectivity index (χ1v) is 14.3. The van der Waals surface area contributed by atoms with Gasteiger partial charge in [-0.25, -0.2) is 0 Å². The summed E-state index contributed by atoms with van der Waals surface area (Å²) in [6, 6.07) is 25.5. The normalized spacial score (nSPS) is 12.6. The molecular weight excluding hydrogens is 532 g/mol. The molecule has 0 fully saturated rings. The third kappa shape index (κ3) is 8.52. The van der Waals surface area contributed by atoms with E-state index in [0.29, 0.717) is 18.7 Å². The van der Waals surface area contributed by atoms with Crippen LogP contribution in [0.1, 0.15) is 42.5 Å². The van der Waals surface area contributed by atoms with Crippen molar-refractivity contribution in [2.24, 2.45) is 0 Å². The molecule has 6 heteroatoms. The molecule has 0 saturated carbocycles. The van der Waals surface area contributed by atoms with E-state index in [0.717, 1.165) is 27.8 Å². The van der Waals surface area contributed by atoms with Crippen molar-refractivity contribution < 1.29 is 9.59 Å². The number of rotatable bonds is 12. The van der Waals surface area contributed by atoms with Crippen LogP contribution in [-0.2, 0) is 28.3 Å². The molecule has 0 aromatic heterocycles. The summed E-state index contributed by atoms with van der Waals surface area (Å²) in [5.41, 5.74) is 4.46. The highest BCUT2D eigenvalue weighted by atomic mass is 79.9. The molecule has 0 aliphatic rings. The van der Waals surface area contributed by atoms with Crippen LogP contribution in [0.5, 0.6) is 0 Å². The molecule has 0 saturated heterocycles. The lowest BCUT2D eigenvalue weighted by atomic mass is 10.0. The van der Waals surface area contributed by atoms with Gasteiger partial charge in [-0.05, 0) is 54.7 Å². The van der Waals surface area contributed by atoms with Crippen molar-refractivity contribution in [1.82, 2.24) is 10.2 Å². The molecule has 3 rings (SSSR count). The summed E-state index contributed by atoms with van der Waals surface area (Å²) in [5, 5.41) is 3.12. The van der Waals surface area contributed by atoms with E-state index in [1.165, 1.54) is 11.1 Å². The predicted molar refractivity (Wildman–Crippen MR) is 154 cm³/mol. The maximum atomic E-state index is 13.7. The minimum atomic E-state index is -0.605. The van der Waals surface area contributed by atoms with Gasteiger partial charge in [-0.1, -0.05) is 89.6 Å². The quantitative estimate of drug-likeness (QED) is 0.270. The predicted octanol–water partition coefficient (Wildman–Crippen LogP) is 6.55. The monoisotopic (exact) mass is 566 g/mol. The lowest BCUT2D eigenvalue weighted by Gasteiger charge is -2.32. The van der Waals surface area contributed by atoms with Crippen LogP contribution >= 0.6 is 27.7 Å². The van der Waals surface area contributed by atoms with Crippen LogP contribution in [0.3, 0.4) is 0 Å². The first kappa shape index (κ1) is 28.0. The summed E-state index contributed by atoms with van der Waals surface area (Å²) >= 11 is 5.13. The van der Waals surface area contributed by atoms with Crippen LogP contribution in [0.15, 0.2) is 83.3 Å². The smallest absolute Gasteiger partial charge is 0.243 e. The first-order chi connectivity index (χ1) is 17.4. The van der Waals surface area contributed by atoms with Crippen LogP contribution in [-0.4, -0.2) is 34.6 Å². The fourth-order valence-corrected chi connectivity index (χ4v) is 5.36. The van der Waals surface area contributed by atoms with Gasteiger partial charge >= 0.3 is 0 Å². The zero-order valence-electron chi connectivity index (χ0n) is 21.2. The van der Waals surface area contributed by atoms with Crippen molar-refractivity contribution in [3.05, 3.63) is 106 Å². The van der Waals surface area contributed by atoms with E-state index in [-0.39, 0.29) is 17.9 Å². The topological polar surface area (TPSA) is 49.4 Å². The maximum Gasteiger partial charge on any atom is 0.243 e. The highest BCUT2D eigenvalue weighted by molar-refractivity contribution is 9.10. The van der Waals surface area contributed by atoms with Crippen molar-refractivity contribution in [3.8, 4) is 0 Å². The summed E-state index contributed by atoms with van der Waals surface area (Å²) in [6.45, 7) is 6.50. The van der Waals surface area contributed by atoms with E-state index < -0.39 is 6.04 Å². The molecule has 0 spiro atoms. The van der Waals surface area contributed by atoms with Gasteiger partial charge in [0.05, 0.1) is 5.75 Å². The zero-order chi connectivity index (χ0) is 25.9. The third-order valence-electron chi connectivity index (χ3n) is 6.26. The molecule has 0 aliphatic carbocycles. The molecule has 3 aromatic rings. The lowest BCUT2D eigenvalue weighted by molar-refractivity contribution is -0.139. The van der Waals surface area contributed by atoms with Crippen molar-refractivity contribution in [3.63, 3.8) is 0 Å². The minimum absolute atomic E-state index is 0.0335. The van der Waals surface area contributed by atoms with Gasteiger partial charge in [-0.3, -0.25) is 9.59 Å². The van der Waals surface area contributed by atoms with Gasteiger partial charge < -0.3 is 10.2 Å². The van der Waals surface area contributed by atoms with Crippen LogP contribution in [0.2, 0.25) is 0 Å². The Bertz CT molecular complexity index is 1140. The molecule has 3 aromatic carbocycles. The number of aryl methyl sites for hydroxylation is 1. The van der Waals surface area contributed by atoms with Gasteiger partial charge in [0, 0.05) is 29.2 Å². The molecule has 36 heavy (non-hydrogen) atoms. The molecule has 0 radical (unpaired) electrons. The summed E-state index contributed by atoms with van der Waals surface area (Å²) in [5.74, 6) is 0.921. The third-order valence-corrected chi connectivity index (χ3v) is 7.72. The molecule has 4 nitrogen and oxygen atoms in total. The Kier molecular flexibility index (Phi) is 11.1. The van der Waals surface area contributed by atoms with Gasteiger partial charge in [0.1, 0.15) is 6.04 Å². The molecule has 0 aliphatic heterocycles. The van der Waals surface area contributed by atoms with E-state index in [4.69, 9.17) is 0 Å². The first-order valence-electron chi connectivity index (χ1n) is 12.4. The van der Waals surface area contributed by atoms with Crippen LogP contribution in [0.4, 0.5) is 0 Å². The van der Waals surface area contributed by atoms with Crippen molar-refractivity contribution in [1.29, 1.82) is 0 Å². The van der Waals surface area contributed by atoms with Gasteiger partial charge in [-0.15, -0.1) is 11.8 Å². The Hall–Kier alpha value is -2.57. The molecule has 2 amide bonds. The molecule has 0 heterocycles. The summed E-state index contributed by atoms with van der Waals surface area (Å²) in [7, 11) is 0. The molecule has 0 unspecified atom stereocenters. The van der Waals surface area contributed by atoms with E-state index >= 15 is 0 Å². The van der Waals surface area contributed by atoms with Gasteiger partial charge in [0.25, 0.3) is 0 Å². The number of hydrogen-bond acceptors (Lipinski definition) is 3. The standard InChI is InChI=1S/C30H35BrN2O2S/c1-4-23(3)32-30(35)28(18-24-12-6-5-7-13-24)33(19-25-14-10-16-27(31)17-25)29(34)21-36-20-26-15-9-8-11-22(26)2/h5-17,23,28H,4,18-21H2,1-3H3,(H,32,35)/t23-,28-/m0/s1. The van der Waals surface area contributed by atoms with E-state index in [1.807, 2.05) is 80.6 Å². The molecular formula is C30H35BrN2O2S. The highest BCUT2D eigenvalue weighted by Crippen LogP contribution is 2.21. The highest BCUT2D eigenvalue weighted by Gasteiger charge is 2.30. The average molecular weight is 568 g/mol. The minimum Gasteiger partial charge on any atom is -0.352 e. The van der Waals surface area contributed by atoms with Gasteiger partial charge in [0.2, 0.25) is 11.8 Å². The van der Waals surface area contributed by atoms with Gasteiger partial charge in [0.15, 0.2) is 0 Å². The fraction of sp³-hybridized carbons (Fsp3) is 0.333. The fourth-order valence-electron chi connectivity index (χ4n) is 3.93. The molecule has 1 N–H and O–H groups in total. The molecule has 0 bridgehead atoms. The van der Waals surface area contributed by atoms with E-state index in [9.17, 15) is 9.59 Å². The van der Waals surface area contributed by atoms with Crippen molar-refractivity contribution >= 4 is 39.5 Å². The Morgan fingerprint density at radius 2 is 1.67 bits per heavy atom. The number of thioether (sulfide) groups is 1. The number of benzene rings is 3. The van der Waals surface area contributed by atoms with Crippen LogP contribution < -0.4 is 5.32 Å². The molecule has 2 atom stereocenters. The van der Waals surface area contributed by atoms with E-state index in [1.54, 1.807) is 16.7 Å². The Morgan fingerprint density at radius 3 is 2.36 bits per heavy atom. The van der Waals surface area contributed by atoms with Crippen molar-refractivity contribution in [2.45, 2.75) is 58.0 Å². The Morgan fingerprint density at radius 1 is 0.972 bits per heavy atom. The number of amides is 2. The average Bonchev–Trinajstić information content (AvgIpc) is 2.87. The van der Waals surface area contributed by atoms with Crippen LogP contribution in [0, 0.1) is 6.92 Å². The number of nitrogens with one attached hydrogen (secondary N) is 1. The second-order valence-electron chi connectivity index (χ2n) is 9.09. The second-order valence-corrected chi connectivity index (χ2v) is 11.0. The number of nitrogens with zero attached hydrogens (tertiary/aromatic N) is 1. The summed E-state index contributed by atoms with van der Waals surface area (Å²) in [6.07, 6.45) is 1.29. The number of carbonyl (C=O) groups is 2. The lowest BCUT2D eigenvalue weighted by Crippen LogP contribution is -2.52. The van der Waals surface area contributed by atoms with Crippen LogP contribution in [0.25, 0.3) is 0 Å². The zero-order valence-corrected chi connectivity index (χ0v) is 23.6. The van der Waals surface area contributed by atoms with Crippen molar-refractivity contribution in [2.75, 3.05) is 5.75 Å². The van der Waals surface area contributed by atoms with Gasteiger partial charge in [-0.2, -0.15) is 0 Å². The SMILES string of the molecule is CC[C@H](C)NC(=O)[C@H](Cc1ccccc1)N(Cc1cccc(Br)c1)C(=O)CSCc1ccccc1C. The van der Waals surface area contributed by atoms with E-state index in [2.05, 4.69) is 40.3 Å². The Labute approximate surface area is 228 Å². The summed E-state index contributed by atoms with van der Waals surface area (Å²) < 4.78 is 0.949. The second kappa shape index (κ2) is 14.2. The number of hydrogen-bond donors (Lipinski definition) is 1. The molecule has 190 valence electrons.